The summed E-state index contributed by atoms with van der Waals surface area (Å²) in [6.07, 6.45) is 1.04. The van der Waals surface area contributed by atoms with Gasteiger partial charge in [-0.05, 0) is 24.3 Å². The zero-order valence-corrected chi connectivity index (χ0v) is 12.5. The van der Waals surface area contributed by atoms with Gasteiger partial charge in [0.05, 0.1) is 6.10 Å². The topological polar surface area (TPSA) is 79.5 Å². The van der Waals surface area contributed by atoms with Crippen LogP contribution in [-0.4, -0.2) is 39.1 Å². The smallest absolute Gasteiger partial charge is 0.295 e. The molecule has 0 bridgehead atoms. The Kier molecular flexibility index (Phi) is 4.20. The van der Waals surface area contributed by atoms with Gasteiger partial charge in [-0.1, -0.05) is 35.5 Å². The molecule has 6 heteroatoms. The molecule has 2 heterocycles. The van der Waals surface area contributed by atoms with Gasteiger partial charge in [-0.15, -0.1) is 0 Å². The normalized spacial score (nSPS) is 17.5. The number of hydrogen-bond donors (Lipinski definition) is 1. The van der Waals surface area contributed by atoms with Crippen LogP contribution in [0.25, 0.3) is 0 Å². The molecule has 2 aromatic rings. The van der Waals surface area contributed by atoms with Crippen LogP contribution < -0.4 is 0 Å². The van der Waals surface area contributed by atoms with Crippen molar-refractivity contribution in [2.24, 2.45) is 5.92 Å². The number of aliphatic hydroxyl groups excluding tert-OH is 1. The van der Waals surface area contributed by atoms with Crippen molar-refractivity contribution in [2.45, 2.75) is 25.9 Å². The number of carbonyl (C=O) groups is 1. The van der Waals surface area contributed by atoms with Crippen LogP contribution in [0.4, 0.5) is 0 Å². The largest absolute Gasteiger partial charge is 0.388 e. The summed E-state index contributed by atoms with van der Waals surface area (Å²) in [5.74, 6) is 0.459. The zero-order chi connectivity index (χ0) is 15.5. The highest BCUT2D eigenvalue weighted by molar-refractivity contribution is 5.90. The first-order valence-electron chi connectivity index (χ1n) is 7.48. The van der Waals surface area contributed by atoms with Crippen LogP contribution in [0, 0.1) is 12.8 Å². The Hall–Kier alpha value is -2.21. The van der Waals surface area contributed by atoms with E-state index in [4.69, 9.17) is 4.52 Å². The van der Waals surface area contributed by atoms with Gasteiger partial charge in [0.1, 0.15) is 0 Å². The number of amides is 1. The molecular weight excluding hydrogens is 282 g/mol. The fourth-order valence-electron chi connectivity index (χ4n) is 2.87. The highest BCUT2D eigenvalue weighted by Gasteiger charge is 2.30. The summed E-state index contributed by atoms with van der Waals surface area (Å²) in [5.41, 5.74) is 0.932. The van der Waals surface area contributed by atoms with Gasteiger partial charge in [0, 0.05) is 20.0 Å². The summed E-state index contributed by atoms with van der Waals surface area (Å²) in [6, 6.07) is 9.66. The van der Waals surface area contributed by atoms with E-state index in [0.717, 1.165) is 18.4 Å². The number of rotatable bonds is 3. The SMILES string of the molecule is Cc1nc(C(=O)N2CCC(C(O)c3ccccc3)CC2)no1. The standard InChI is InChI=1S/C16H19N3O3/c1-11-17-15(18-22-11)16(21)19-9-7-13(8-10-19)14(20)12-5-3-2-4-6-12/h2-6,13-14,20H,7-10H2,1H3. The fourth-order valence-corrected chi connectivity index (χ4v) is 2.87. The number of aryl methyl sites for hydroxylation is 1. The number of piperidine rings is 1. The first kappa shape index (κ1) is 14.7. The minimum atomic E-state index is -0.481. The van der Waals surface area contributed by atoms with E-state index in [-0.39, 0.29) is 17.6 Å². The lowest BCUT2D eigenvalue weighted by molar-refractivity contribution is 0.0452. The van der Waals surface area contributed by atoms with Crippen molar-refractivity contribution in [2.75, 3.05) is 13.1 Å². The molecule has 1 aromatic carbocycles. The minimum Gasteiger partial charge on any atom is -0.388 e. The minimum absolute atomic E-state index is 0.111. The average molecular weight is 301 g/mol. The molecule has 0 spiro atoms. The lowest BCUT2D eigenvalue weighted by Gasteiger charge is -2.33. The predicted octanol–water partition coefficient (Wildman–Crippen LogP) is 1.96. The molecule has 1 unspecified atom stereocenters. The summed E-state index contributed by atoms with van der Waals surface area (Å²) in [4.78, 5) is 17.9. The van der Waals surface area contributed by atoms with Crippen molar-refractivity contribution in [1.29, 1.82) is 0 Å². The van der Waals surface area contributed by atoms with E-state index >= 15 is 0 Å². The third kappa shape index (κ3) is 3.01. The van der Waals surface area contributed by atoms with Crippen LogP contribution in [0.1, 0.15) is 41.0 Å². The third-order valence-electron chi connectivity index (χ3n) is 4.13. The number of likely N-dealkylation sites (tertiary alicyclic amines) is 1. The number of hydrogen-bond acceptors (Lipinski definition) is 5. The highest BCUT2D eigenvalue weighted by atomic mass is 16.5. The van der Waals surface area contributed by atoms with Gasteiger partial charge < -0.3 is 14.5 Å². The molecule has 0 radical (unpaired) electrons. The predicted molar refractivity (Wildman–Crippen MR) is 79.1 cm³/mol. The van der Waals surface area contributed by atoms with Crippen molar-refractivity contribution in [3.63, 3.8) is 0 Å². The van der Waals surface area contributed by atoms with Crippen molar-refractivity contribution < 1.29 is 14.4 Å². The summed E-state index contributed by atoms with van der Waals surface area (Å²) in [5, 5.41) is 14.1. The molecule has 116 valence electrons. The number of nitrogens with zero attached hydrogens (tertiary/aromatic N) is 3. The van der Waals surface area contributed by atoms with Gasteiger partial charge in [-0.3, -0.25) is 4.79 Å². The maximum atomic E-state index is 12.2. The van der Waals surface area contributed by atoms with Crippen LogP contribution in [-0.2, 0) is 0 Å². The van der Waals surface area contributed by atoms with Gasteiger partial charge in [0.25, 0.3) is 11.7 Å². The van der Waals surface area contributed by atoms with Gasteiger partial charge >= 0.3 is 0 Å². The van der Waals surface area contributed by atoms with Crippen LogP contribution in [0.3, 0.4) is 0 Å². The van der Waals surface area contributed by atoms with Gasteiger partial charge in [-0.2, -0.15) is 4.98 Å². The Balaban J connectivity index is 1.59. The Morgan fingerprint density at radius 2 is 2.00 bits per heavy atom. The lowest BCUT2D eigenvalue weighted by atomic mass is 9.87. The second-order valence-corrected chi connectivity index (χ2v) is 5.62. The molecule has 1 N–H and O–H groups in total. The molecular formula is C16H19N3O3. The molecule has 1 fully saturated rings. The van der Waals surface area contributed by atoms with Crippen LogP contribution in [0.2, 0.25) is 0 Å². The molecule has 6 nitrogen and oxygen atoms in total. The summed E-state index contributed by atoms with van der Waals surface area (Å²) in [6.45, 7) is 2.86. The highest BCUT2D eigenvalue weighted by Crippen LogP contribution is 2.30. The number of aromatic nitrogens is 2. The molecule has 1 atom stereocenters. The molecule has 1 amide bonds. The van der Waals surface area contributed by atoms with Crippen LogP contribution in [0.15, 0.2) is 34.9 Å². The van der Waals surface area contributed by atoms with Crippen molar-refractivity contribution in [3.05, 3.63) is 47.6 Å². The number of carbonyl (C=O) groups excluding carboxylic acids is 1. The van der Waals surface area contributed by atoms with E-state index in [9.17, 15) is 9.90 Å². The Bertz CT molecular complexity index is 633. The zero-order valence-electron chi connectivity index (χ0n) is 12.5. The lowest BCUT2D eigenvalue weighted by Crippen LogP contribution is -2.40. The first-order valence-corrected chi connectivity index (χ1v) is 7.48. The molecule has 1 aliphatic rings. The fraction of sp³-hybridized carbons (Fsp3) is 0.438. The molecule has 0 saturated carbocycles. The molecule has 0 aliphatic carbocycles. The summed E-state index contributed by atoms with van der Waals surface area (Å²) >= 11 is 0. The maximum Gasteiger partial charge on any atom is 0.295 e. The molecule has 1 aliphatic heterocycles. The van der Waals surface area contributed by atoms with Gasteiger partial charge in [0.15, 0.2) is 0 Å². The van der Waals surface area contributed by atoms with Crippen LogP contribution in [0.5, 0.6) is 0 Å². The molecule has 1 saturated heterocycles. The van der Waals surface area contributed by atoms with Crippen molar-refractivity contribution >= 4 is 5.91 Å². The number of aliphatic hydroxyl groups is 1. The van der Waals surface area contributed by atoms with Crippen LogP contribution >= 0.6 is 0 Å². The summed E-state index contributed by atoms with van der Waals surface area (Å²) < 4.78 is 4.85. The molecule has 3 rings (SSSR count). The molecule has 1 aromatic heterocycles. The first-order chi connectivity index (χ1) is 10.6. The second kappa shape index (κ2) is 6.27. The molecule has 22 heavy (non-hydrogen) atoms. The van der Waals surface area contributed by atoms with E-state index in [1.54, 1.807) is 11.8 Å². The third-order valence-corrected chi connectivity index (χ3v) is 4.13. The average Bonchev–Trinajstić information content (AvgIpc) is 3.01. The van der Waals surface area contributed by atoms with Crippen molar-refractivity contribution in [3.8, 4) is 0 Å². The Morgan fingerprint density at radius 1 is 1.32 bits per heavy atom. The second-order valence-electron chi connectivity index (χ2n) is 5.62. The van der Waals surface area contributed by atoms with E-state index in [1.165, 1.54) is 0 Å². The van der Waals surface area contributed by atoms with Crippen molar-refractivity contribution in [1.82, 2.24) is 15.0 Å². The van der Waals surface area contributed by atoms with E-state index < -0.39 is 6.10 Å². The van der Waals surface area contributed by atoms with E-state index in [0.29, 0.717) is 19.0 Å². The number of benzene rings is 1. The van der Waals surface area contributed by atoms with Gasteiger partial charge in [-0.25, -0.2) is 0 Å². The van der Waals surface area contributed by atoms with Gasteiger partial charge in [0.2, 0.25) is 5.89 Å². The quantitative estimate of drug-likeness (QED) is 0.937. The monoisotopic (exact) mass is 301 g/mol. The Morgan fingerprint density at radius 3 is 2.59 bits per heavy atom. The van der Waals surface area contributed by atoms with E-state index in [2.05, 4.69) is 10.1 Å². The maximum absolute atomic E-state index is 12.2. The Labute approximate surface area is 128 Å². The summed E-state index contributed by atoms with van der Waals surface area (Å²) in [7, 11) is 0. The van der Waals surface area contributed by atoms with E-state index in [1.807, 2.05) is 30.3 Å².